The van der Waals surface area contributed by atoms with E-state index in [0.717, 1.165) is 0 Å². The predicted molar refractivity (Wildman–Crippen MR) is 93.5 cm³/mol. The second kappa shape index (κ2) is 6.59. The lowest BCUT2D eigenvalue weighted by molar-refractivity contribution is -0.117. The Kier molecular flexibility index (Phi) is 4.51. The van der Waals surface area contributed by atoms with Gasteiger partial charge in [0.25, 0.3) is 5.91 Å². The number of nitrogens with zero attached hydrogens (tertiary/aromatic N) is 4. The van der Waals surface area contributed by atoms with Crippen LogP contribution in [-0.4, -0.2) is 22.8 Å². The molecule has 0 aromatic heterocycles. The summed E-state index contributed by atoms with van der Waals surface area (Å²) in [4.78, 5) is 12.6. The van der Waals surface area contributed by atoms with Crippen molar-refractivity contribution in [1.82, 2.24) is 0 Å². The van der Waals surface area contributed by atoms with Crippen molar-refractivity contribution in [3.8, 4) is 5.75 Å². The number of benzene rings is 2. The number of hydrogen-bond donors (Lipinski definition) is 1. The summed E-state index contributed by atoms with van der Waals surface area (Å²) in [5, 5.41) is 23.9. The third-order valence-corrected chi connectivity index (χ3v) is 3.95. The molecular weight excluding hydrogens is 351 g/mol. The smallest absolute Gasteiger partial charge is 0.280 e. The first-order valence-corrected chi connectivity index (χ1v) is 7.76. The average Bonchev–Trinajstić information content (AvgIpc) is 2.83. The van der Waals surface area contributed by atoms with Crippen molar-refractivity contribution in [1.29, 1.82) is 0 Å². The summed E-state index contributed by atoms with van der Waals surface area (Å²) in [5.74, 6) is -0.447. The first-order chi connectivity index (χ1) is 11.5. The van der Waals surface area contributed by atoms with E-state index in [1.807, 2.05) is 0 Å². The Morgan fingerprint density at radius 3 is 2.71 bits per heavy atom. The molecule has 1 N–H and O–H groups in total. The van der Waals surface area contributed by atoms with Crippen LogP contribution in [0.5, 0.6) is 5.75 Å². The van der Waals surface area contributed by atoms with Crippen molar-refractivity contribution in [3.63, 3.8) is 0 Å². The first kappa shape index (κ1) is 16.4. The number of halogens is 2. The fourth-order valence-electron chi connectivity index (χ4n) is 2.18. The van der Waals surface area contributed by atoms with E-state index in [-0.39, 0.29) is 17.3 Å². The number of anilines is 1. The Balaban J connectivity index is 1.87. The largest absolute Gasteiger partial charge is 0.506 e. The van der Waals surface area contributed by atoms with E-state index in [9.17, 15) is 9.90 Å². The predicted octanol–water partition coefficient (Wildman–Crippen LogP) is 4.57. The summed E-state index contributed by atoms with van der Waals surface area (Å²) in [5.41, 5.74) is 1.14. The summed E-state index contributed by atoms with van der Waals surface area (Å²) >= 11 is 12.0. The molecule has 0 radical (unpaired) electrons. The summed E-state index contributed by atoms with van der Waals surface area (Å²) in [6, 6.07) is 10.4. The van der Waals surface area contributed by atoms with Gasteiger partial charge in [0.2, 0.25) is 0 Å². The van der Waals surface area contributed by atoms with Gasteiger partial charge in [0.15, 0.2) is 6.04 Å². The lowest BCUT2D eigenvalue weighted by atomic mass is 10.2. The van der Waals surface area contributed by atoms with E-state index in [4.69, 9.17) is 23.2 Å². The number of amides is 1. The van der Waals surface area contributed by atoms with Gasteiger partial charge in [0.1, 0.15) is 11.4 Å². The van der Waals surface area contributed by atoms with E-state index in [1.165, 1.54) is 23.2 Å². The van der Waals surface area contributed by atoms with Crippen LogP contribution in [0.25, 0.3) is 0 Å². The van der Waals surface area contributed by atoms with Crippen molar-refractivity contribution in [2.45, 2.75) is 13.0 Å². The van der Waals surface area contributed by atoms with Crippen LogP contribution in [0.2, 0.25) is 10.0 Å². The molecule has 0 bridgehead atoms. The molecule has 122 valence electrons. The summed E-state index contributed by atoms with van der Waals surface area (Å²) in [6.07, 6.45) is 0. The maximum absolute atomic E-state index is 12.6. The van der Waals surface area contributed by atoms with Gasteiger partial charge in [-0.05, 0) is 37.3 Å². The summed E-state index contributed by atoms with van der Waals surface area (Å²) in [6.45, 7) is 1.68. The molecule has 0 spiro atoms. The first-order valence-electron chi connectivity index (χ1n) is 7.00. The molecule has 0 saturated carbocycles. The lowest BCUT2D eigenvalue weighted by Crippen LogP contribution is -2.29. The van der Waals surface area contributed by atoms with Gasteiger partial charge in [0.05, 0.1) is 16.4 Å². The van der Waals surface area contributed by atoms with Crippen LogP contribution in [0.4, 0.5) is 11.4 Å². The molecule has 0 aliphatic carbocycles. The second-order valence-electron chi connectivity index (χ2n) is 5.09. The monoisotopic (exact) mass is 362 g/mol. The fraction of sp³-hybridized carbons (Fsp3) is 0.125. The molecule has 1 amide bonds. The fourth-order valence-corrected chi connectivity index (χ4v) is 2.56. The quantitative estimate of drug-likeness (QED) is 0.811. The molecule has 1 aliphatic heterocycles. The van der Waals surface area contributed by atoms with Gasteiger partial charge in [0, 0.05) is 5.02 Å². The minimum absolute atomic E-state index is 0.0776. The number of phenolic OH excluding ortho intramolecular Hbond substituents is 1. The Bertz CT molecular complexity index is 867. The van der Waals surface area contributed by atoms with E-state index >= 15 is 0 Å². The molecule has 0 fully saturated rings. The number of rotatable bonds is 3. The molecule has 3 rings (SSSR count). The molecule has 6 nitrogen and oxygen atoms in total. The third-order valence-electron chi connectivity index (χ3n) is 3.40. The highest BCUT2D eigenvalue weighted by Crippen LogP contribution is 2.32. The maximum Gasteiger partial charge on any atom is 0.280 e. The van der Waals surface area contributed by atoms with Crippen LogP contribution >= 0.6 is 23.2 Å². The minimum Gasteiger partial charge on any atom is -0.506 e. The number of carbonyl (C=O) groups is 1. The van der Waals surface area contributed by atoms with E-state index in [2.05, 4.69) is 15.3 Å². The minimum atomic E-state index is -0.875. The van der Waals surface area contributed by atoms with Crippen LogP contribution in [-0.2, 0) is 4.79 Å². The normalized spacial score (nSPS) is 17.6. The Morgan fingerprint density at radius 1 is 1.21 bits per heavy atom. The lowest BCUT2D eigenvalue weighted by Gasteiger charge is -2.13. The topological polar surface area (TPSA) is 77.6 Å². The number of hydrogen-bond acceptors (Lipinski definition) is 5. The van der Waals surface area contributed by atoms with Crippen molar-refractivity contribution in [2.75, 3.05) is 5.01 Å². The van der Waals surface area contributed by atoms with Gasteiger partial charge in [-0.3, -0.25) is 4.79 Å². The van der Waals surface area contributed by atoms with Gasteiger partial charge >= 0.3 is 0 Å². The van der Waals surface area contributed by atoms with Gasteiger partial charge in [-0.25, -0.2) is 0 Å². The average molecular weight is 363 g/mol. The van der Waals surface area contributed by atoms with Crippen molar-refractivity contribution >= 4 is 46.2 Å². The van der Waals surface area contributed by atoms with E-state index in [1.54, 1.807) is 31.2 Å². The zero-order chi connectivity index (χ0) is 17.3. The van der Waals surface area contributed by atoms with Crippen molar-refractivity contribution < 1.29 is 9.90 Å². The van der Waals surface area contributed by atoms with Crippen molar-refractivity contribution in [2.24, 2.45) is 15.3 Å². The molecule has 2 aromatic carbocycles. The van der Waals surface area contributed by atoms with Gasteiger partial charge < -0.3 is 5.11 Å². The third kappa shape index (κ3) is 3.11. The maximum atomic E-state index is 12.6. The number of phenols is 1. The van der Waals surface area contributed by atoms with Gasteiger partial charge in [-0.2, -0.15) is 20.3 Å². The molecule has 0 saturated heterocycles. The van der Waals surface area contributed by atoms with Gasteiger partial charge in [-0.1, -0.05) is 35.3 Å². The highest BCUT2D eigenvalue weighted by atomic mass is 35.5. The molecule has 1 unspecified atom stereocenters. The number of azo groups is 1. The molecule has 8 heteroatoms. The molecule has 24 heavy (non-hydrogen) atoms. The van der Waals surface area contributed by atoms with Crippen molar-refractivity contribution in [3.05, 3.63) is 52.5 Å². The summed E-state index contributed by atoms with van der Waals surface area (Å²) < 4.78 is 0. The Hall–Kier alpha value is -2.44. The van der Waals surface area contributed by atoms with Crippen LogP contribution in [0.15, 0.2) is 57.8 Å². The van der Waals surface area contributed by atoms with Gasteiger partial charge in [-0.15, -0.1) is 0 Å². The number of para-hydroxylation sites is 1. The molecule has 1 heterocycles. The second-order valence-corrected chi connectivity index (χ2v) is 5.94. The van der Waals surface area contributed by atoms with E-state index in [0.29, 0.717) is 21.4 Å². The van der Waals surface area contributed by atoms with Crippen LogP contribution in [0, 0.1) is 0 Å². The van der Waals surface area contributed by atoms with Crippen LogP contribution in [0.1, 0.15) is 6.92 Å². The molecule has 1 atom stereocenters. The zero-order valence-electron chi connectivity index (χ0n) is 12.5. The molecule has 1 aliphatic rings. The molecular formula is C16H12Cl2N4O2. The Labute approximate surface area is 148 Å². The number of carbonyl (C=O) groups excluding carboxylic acids is 1. The number of hydrazone groups is 1. The number of aromatic hydroxyl groups is 1. The molecule has 2 aromatic rings. The zero-order valence-corrected chi connectivity index (χ0v) is 14.0. The highest BCUT2D eigenvalue weighted by molar-refractivity contribution is 6.34. The van der Waals surface area contributed by atoms with Crippen LogP contribution in [0.3, 0.4) is 0 Å². The standard InChI is InChI=1S/C16H12Cl2N4O2/c1-9-15(20-19-12-8-10(17)6-7-14(12)23)16(24)22(21-9)13-5-3-2-4-11(13)18/h2-8,15,23H,1H3. The SMILES string of the molecule is CC1=NN(c2ccccc2Cl)C(=O)C1N=Nc1cc(Cl)ccc1O. The summed E-state index contributed by atoms with van der Waals surface area (Å²) in [7, 11) is 0. The van der Waals surface area contributed by atoms with Crippen LogP contribution < -0.4 is 5.01 Å². The van der Waals surface area contributed by atoms with E-state index < -0.39 is 6.04 Å². The highest BCUT2D eigenvalue weighted by Gasteiger charge is 2.35. The Morgan fingerprint density at radius 2 is 1.96 bits per heavy atom.